The molecule has 0 radical (unpaired) electrons. The molecular formula is C14H17BrClNO2. The van der Waals surface area contributed by atoms with Crippen LogP contribution in [0.15, 0.2) is 22.7 Å². The molecular weight excluding hydrogens is 330 g/mol. The molecule has 0 bridgehead atoms. The standard InChI is InChI=1S/C14H17BrClNO2/c15-11-6-10(7-12(16)8-11)13(19)17-14(9-18)4-2-1-3-5-14/h6-8,18H,1-5,9H2,(H,17,19). The van der Waals surface area contributed by atoms with Crippen LogP contribution in [-0.4, -0.2) is 23.2 Å². The van der Waals surface area contributed by atoms with Gasteiger partial charge in [-0.15, -0.1) is 0 Å². The van der Waals surface area contributed by atoms with Crippen LogP contribution in [0.5, 0.6) is 0 Å². The highest BCUT2D eigenvalue weighted by molar-refractivity contribution is 9.10. The number of aliphatic hydroxyl groups excluding tert-OH is 1. The number of halogens is 2. The van der Waals surface area contributed by atoms with Crippen molar-refractivity contribution in [3.05, 3.63) is 33.3 Å². The van der Waals surface area contributed by atoms with Gasteiger partial charge in [-0.2, -0.15) is 0 Å². The quantitative estimate of drug-likeness (QED) is 0.879. The van der Waals surface area contributed by atoms with E-state index in [2.05, 4.69) is 21.2 Å². The number of aliphatic hydroxyl groups is 1. The van der Waals surface area contributed by atoms with Gasteiger partial charge in [0, 0.05) is 15.1 Å². The lowest BCUT2D eigenvalue weighted by molar-refractivity contribution is 0.0758. The lowest BCUT2D eigenvalue weighted by atomic mass is 9.82. The van der Waals surface area contributed by atoms with Gasteiger partial charge in [-0.25, -0.2) is 0 Å². The predicted molar refractivity (Wildman–Crippen MR) is 79.5 cm³/mol. The molecule has 2 N–H and O–H groups in total. The third-order valence-corrected chi connectivity index (χ3v) is 4.29. The van der Waals surface area contributed by atoms with Crippen molar-refractivity contribution in [1.29, 1.82) is 0 Å². The largest absolute Gasteiger partial charge is 0.394 e. The molecule has 0 spiro atoms. The zero-order valence-corrected chi connectivity index (χ0v) is 12.9. The Kier molecular flexibility index (Phi) is 4.87. The number of benzene rings is 1. The van der Waals surface area contributed by atoms with E-state index in [-0.39, 0.29) is 12.5 Å². The van der Waals surface area contributed by atoms with Gasteiger partial charge in [0.05, 0.1) is 12.1 Å². The van der Waals surface area contributed by atoms with Gasteiger partial charge in [0.15, 0.2) is 0 Å². The van der Waals surface area contributed by atoms with Crippen molar-refractivity contribution in [2.75, 3.05) is 6.61 Å². The molecule has 1 aliphatic carbocycles. The summed E-state index contributed by atoms with van der Waals surface area (Å²) in [7, 11) is 0. The van der Waals surface area contributed by atoms with Crippen LogP contribution in [0.25, 0.3) is 0 Å². The van der Waals surface area contributed by atoms with Crippen molar-refractivity contribution >= 4 is 33.4 Å². The van der Waals surface area contributed by atoms with Gasteiger partial charge in [-0.3, -0.25) is 4.79 Å². The molecule has 0 unspecified atom stereocenters. The second-order valence-corrected chi connectivity index (χ2v) is 6.46. The van der Waals surface area contributed by atoms with E-state index in [9.17, 15) is 9.90 Å². The molecule has 2 rings (SSSR count). The van der Waals surface area contributed by atoms with Gasteiger partial charge in [-0.1, -0.05) is 46.8 Å². The lowest BCUT2D eigenvalue weighted by Crippen LogP contribution is -2.52. The van der Waals surface area contributed by atoms with Gasteiger partial charge in [-0.05, 0) is 31.0 Å². The number of hydrogen-bond acceptors (Lipinski definition) is 2. The Morgan fingerprint density at radius 3 is 2.58 bits per heavy atom. The summed E-state index contributed by atoms with van der Waals surface area (Å²) < 4.78 is 0.770. The van der Waals surface area contributed by atoms with E-state index in [0.29, 0.717) is 10.6 Å². The van der Waals surface area contributed by atoms with Gasteiger partial charge < -0.3 is 10.4 Å². The summed E-state index contributed by atoms with van der Waals surface area (Å²) in [5, 5.41) is 13.1. The number of amides is 1. The second-order valence-electron chi connectivity index (χ2n) is 5.11. The maximum atomic E-state index is 12.3. The Balaban J connectivity index is 2.15. The minimum Gasteiger partial charge on any atom is -0.394 e. The van der Waals surface area contributed by atoms with E-state index in [1.165, 1.54) is 6.42 Å². The summed E-state index contributed by atoms with van der Waals surface area (Å²) in [6.45, 7) is -0.0134. The summed E-state index contributed by atoms with van der Waals surface area (Å²) in [5.41, 5.74) is 0.0437. The maximum Gasteiger partial charge on any atom is 0.251 e. The van der Waals surface area contributed by atoms with Crippen LogP contribution >= 0.6 is 27.5 Å². The molecule has 104 valence electrons. The molecule has 1 fully saturated rings. The topological polar surface area (TPSA) is 49.3 Å². The maximum absolute atomic E-state index is 12.3. The van der Waals surface area contributed by atoms with Crippen LogP contribution in [0.2, 0.25) is 5.02 Å². The minimum atomic E-state index is -0.468. The monoisotopic (exact) mass is 345 g/mol. The van der Waals surface area contributed by atoms with E-state index in [4.69, 9.17) is 11.6 Å². The van der Waals surface area contributed by atoms with Crippen molar-refractivity contribution in [2.45, 2.75) is 37.6 Å². The zero-order chi connectivity index (χ0) is 13.9. The first-order valence-electron chi connectivity index (χ1n) is 6.44. The summed E-state index contributed by atoms with van der Waals surface area (Å²) in [5.74, 6) is -0.181. The second kappa shape index (κ2) is 6.25. The number of carbonyl (C=O) groups excluding carboxylic acids is 1. The molecule has 19 heavy (non-hydrogen) atoms. The van der Waals surface area contributed by atoms with Crippen molar-refractivity contribution < 1.29 is 9.90 Å². The Morgan fingerprint density at radius 2 is 2.00 bits per heavy atom. The van der Waals surface area contributed by atoms with Crippen molar-refractivity contribution in [3.63, 3.8) is 0 Å². The normalized spacial score (nSPS) is 18.1. The van der Waals surface area contributed by atoms with Gasteiger partial charge in [0.25, 0.3) is 5.91 Å². The Morgan fingerprint density at radius 1 is 1.32 bits per heavy atom. The molecule has 5 heteroatoms. The van der Waals surface area contributed by atoms with E-state index in [1.54, 1.807) is 18.2 Å². The lowest BCUT2D eigenvalue weighted by Gasteiger charge is -2.36. The third-order valence-electron chi connectivity index (χ3n) is 3.62. The van der Waals surface area contributed by atoms with Crippen molar-refractivity contribution in [3.8, 4) is 0 Å². The molecule has 0 saturated heterocycles. The van der Waals surface area contributed by atoms with E-state index < -0.39 is 5.54 Å². The Hall–Kier alpha value is -0.580. The number of hydrogen-bond donors (Lipinski definition) is 2. The van der Waals surface area contributed by atoms with E-state index in [0.717, 1.165) is 30.2 Å². The summed E-state index contributed by atoms with van der Waals surface area (Å²) >= 11 is 9.27. The van der Waals surface area contributed by atoms with Crippen molar-refractivity contribution in [1.82, 2.24) is 5.32 Å². The fourth-order valence-corrected chi connectivity index (χ4v) is 3.41. The van der Waals surface area contributed by atoms with E-state index in [1.807, 2.05) is 0 Å². The van der Waals surface area contributed by atoms with Crippen LogP contribution in [0.1, 0.15) is 42.5 Å². The van der Waals surface area contributed by atoms with Crippen LogP contribution in [0.4, 0.5) is 0 Å². The molecule has 1 aromatic carbocycles. The summed E-state index contributed by atoms with van der Waals surface area (Å²) in [6, 6.07) is 5.10. The van der Waals surface area contributed by atoms with Crippen molar-refractivity contribution in [2.24, 2.45) is 0 Å². The third kappa shape index (κ3) is 3.71. The minimum absolute atomic E-state index is 0.0134. The SMILES string of the molecule is O=C(NC1(CO)CCCCC1)c1cc(Cl)cc(Br)c1. The van der Waals surface area contributed by atoms with Crippen LogP contribution < -0.4 is 5.32 Å². The molecule has 0 aliphatic heterocycles. The molecule has 3 nitrogen and oxygen atoms in total. The Labute approximate surface area is 126 Å². The molecule has 0 heterocycles. The van der Waals surface area contributed by atoms with E-state index >= 15 is 0 Å². The highest BCUT2D eigenvalue weighted by atomic mass is 79.9. The molecule has 0 atom stereocenters. The highest BCUT2D eigenvalue weighted by Gasteiger charge is 2.33. The molecule has 0 aromatic heterocycles. The first-order chi connectivity index (χ1) is 9.04. The first-order valence-corrected chi connectivity index (χ1v) is 7.61. The summed E-state index contributed by atoms with van der Waals surface area (Å²) in [6.07, 6.45) is 4.91. The molecule has 1 aliphatic rings. The van der Waals surface area contributed by atoms with Gasteiger partial charge >= 0.3 is 0 Å². The highest BCUT2D eigenvalue weighted by Crippen LogP contribution is 2.28. The average molecular weight is 347 g/mol. The number of carbonyl (C=O) groups is 1. The van der Waals surface area contributed by atoms with Crippen LogP contribution in [0.3, 0.4) is 0 Å². The summed E-state index contributed by atoms with van der Waals surface area (Å²) in [4.78, 5) is 12.3. The van der Waals surface area contributed by atoms with Crippen LogP contribution in [-0.2, 0) is 0 Å². The average Bonchev–Trinajstić information content (AvgIpc) is 2.38. The molecule has 1 saturated carbocycles. The Bertz CT molecular complexity index is 452. The van der Waals surface area contributed by atoms with Crippen LogP contribution in [0, 0.1) is 0 Å². The smallest absolute Gasteiger partial charge is 0.251 e. The van der Waals surface area contributed by atoms with Gasteiger partial charge in [0.2, 0.25) is 0 Å². The first kappa shape index (κ1) is 14.8. The zero-order valence-electron chi connectivity index (χ0n) is 10.6. The molecule has 1 aromatic rings. The fraction of sp³-hybridized carbons (Fsp3) is 0.500. The predicted octanol–water partition coefficient (Wildman–Crippen LogP) is 3.53. The number of nitrogens with one attached hydrogen (secondary N) is 1. The number of rotatable bonds is 3. The fourth-order valence-electron chi connectivity index (χ4n) is 2.55. The van der Waals surface area contributed by atoms with Gasteiger partial charge in [0.1, 0.15) is 0 Å². The molecule has 1 amide bonds.